The zero-order valence-electron chi connectivity index (χ0n) is 11.5. The summed E-state index contributed by atoms with van der Waals surface area (Å²) in [6, 6.07) is 5.01. The lowest BCUT2D eigenvalue weighted by molar-refractivity contribution is -0.123. The highest BCUT2D eigenvalue weighted by Crippen LogP contribution is 2.19. The van der Waals surface area contributed by atoms with E-state index in [4.69, 9.17) is 0 Å². The molecule has 1 aliphatic heterocycles. The molecule has 1 unspecified atom stereocenters. The van der Waals surface area contributed by atoms with Gasteiger partial charge in [-0.1, -0.05) is 0 Å². The van der Waals surface area contributed by atoms with Gasteiger partial charge in [0.1, 0.15) is 5.54 Å². The average Bonchev–Trinajstić information content (AvgIpc) is 2.87. The number of hydrogen-bond donors (Lipinski definition) is 3. The van der Waals surface area contributed by atoms with Gasteiger partial charge in [0.25, 0.3) is 11.5 Å². The van der Waals surface area contributed by atoms with Crippen molar-refractivity contribution in [2.24, 2.45) is 0 Å². The smallest absolute Gasteiger partial charge is 0.322 e. The molecule has 0 aliphatic carbocycles. The minimum atomic E-state index is -1.13. The van der Waals surface area contributed by atoms with Crippen molar-refractivity contribution in [2.75, 3.05) is 6.26 Å². The molecule has 1 saturated heterocycles. The summed E-state index contributed by atoms with van der Waals surface area (Å²) in [4.78, 5) is 36.4. The first-order chi connectivity index (χ1) is 9.93. The molecule has 0 spiro atoms. The maximum atomic E-state index is 12.4. The van der Waals surface area contributed by atoms with Crippen LogP contribution < -0.4 is 16.2 Å². The third-order valence-electron chi connectivity index (χ3n) is 3.55. The number of fused-ring (bicyclic) bond motifs is 1. The molecule has 8 heteroatoms. The van der Waals surface area contributed by atoms with Gasteiger partial charge in [0.05, 0.1) is 17.4 Å². The fourth-order valence-corrected chi connectivity index (χ4v) is 2.82. The van der Waals surface area contributed by atoms with E-state index in [1.165, 1.54) is 4.68 Å². The largest absolute Gasteiger partial charge is 0.322 e. The molecule has 1 aromatic heterocycles. The molecular formula is C13H14N4O3S. The van der Waals surface area contributed by atoms with Crippen molar-refractivity contribution in [3.8, 4) is 0 Å². The van der Waals surface area contributed by atoms with Crippen LogP contribution >= 0.6 is 11.8 Å². The molecule has 2 heterocycles. The molecule has 1 fully saturated rings. The number of aromatic nitrogens is 2. The van der Waals surface area contributed by atoms with Crippen molar-refractivity contribution in [1.29, 1.82) is 0 Å². The second kappa shape index (κ2) is 4.66. The SMILES string of the molecule is CSc1ccc2[nH]n(CC3(C)NC(=O)NC3=O)c(=O)c2c1. The van der Waals surface area contributed by atoms with Crippen LogP contribution in [0.2, 0.25) is 0 Å². The summed E-state index contributed by atoms with van der Waals surface area (Å²) in [6.45, 7) is 1.63. The fourth-order valence-electron chi connectivity index (χ4n) is 2.38. The third kappa shape index (κ3) is 2.21. The summed E-state index contributed by atoms with van der Waals surface area (Å²) in [7, 11) is 0. The van der Waals surface area contributed by atoms with Gasteiger partial charge in [-0.25, -0.2) is 9.48 Å². The number of carbonyl (C=O) groups is 2. The number of thioether (sulfide) groups is 1. The highest BCUT2D eigenvalue weighted by Gasteiger charge is 2.42. The van der Waals surface area contributed by atoms with Gasteiger partial charge < -0.3 is 5.32 Å². The number of nitrogens with one attached hydrogen (secondary N) is 3. The summed E-state index contributed by atoms with van der Waals surface area (Å²) in [5.74, 6) is -0.442. The summed E-state index contributed by atoms with van der Waals surface area (Å²) in [5.41, 5.74) is -0.647. The summed E-state index contributed by atoms with van der Waals surface area (Å²) in [5, 5.41) is 8.25. The van der Waals surface area contributed by atoms with Crippen LogP contribution in [-0.4, -0.2) is 33.5 Å². The van der Waals surface area contributed by atoms with Crippen LogP contribution in [0.3, 0.4) is 0 Å². The summed E-state index contributed by atoms with van der Waals surface area (Å²) >= 11 is 1.55. The van der Waals surface area contributed by atoms with Crippen LogP contribution in [-0.2, 0) is 11.3 Å². The molecule has 21 heavy (non-hydrogen) atoms. The number of amides is 3. The van der Waals surface area contributed by atoms with Crippen LogP contribution in [0.4, 0.5) is 4.79 Å². The van der Waals surface area contributed by atoms with E-state index in [9.17, 15) is 14.4 Å². The third-order valence-corrected chi connectivity index (χ3v) is 4.28. The zero-order valence-corrected chi connectivity index (χ0v) is 12.3. The van der Waals surface area contributed by atoms with Crippen molar-refractivity contribution in [2.45, 2.75) is 23.9 Å². The quantitative estimate of drug-likeness (QED) is 0.573. The van der Waals surface area contributed by atoms with Crippen LogP contribution in [0, 0.1) is 0 Å². The van der Waals surface area contributed by atoms with Crippen LogP contribution in [0.1, 0.15) is 6.92 Å². The van der Waals surface area contributed by atoms with Crippen molar-refractivity contribution in [3.63, 3.8) is 0 Å². The summed E-state index contributed by atoms with van der Waals surface area (Å²) < 4.78 is 1.35. The van der Waals surface area contributed by atoms with E-state index >= 15 is 0 Å². The highest BCUT2D eigenvalue weighted by atomic mass is 32.2. The Labute approximate surface area is 124 Å². The average molecular weight is 306 g/mol. The van der Waals surface area contributed by atoms with E-state index < -0.39 is 17.5 Å². The van der Waals surface area contributed by atoms with E-state index in [-0.39, 0.29) is 12.1 Å². The minimum absolute atomic E-state index is 0.0483. The molecule has 3 amide bonds. The number of hydrogen-bond acceptors (Lipinski definition) is 4. The first kappa shape index (κ1) is 13.7. The van der Waals surface area contributed by atoms with E-state index in [2.05, 4.69) is 15.7 Å². The molecule has 110 valence electrons. The number of rotatable bonds is 3. The van der Waals surface area contributed by atoms with E-state index in [1.807, 2.05) is 24.5 Å². The lowest BCUT2D eigenvalue weighted by Gasteiger charge is -2.20. The van der Waals surface area contributed by atoms with E-state index in [1.54, 1.807) is 18.7 Å². The van der Waals surface area contributed by atoms with E-state index in [0.29, 0.717) is 10.9 Å². The molecule has 1 aromatic carbocycles. The van der Waals surface area contributed by atoms with Gasteiger partial charge in [-0.2, -0.15) is 0 Å². The molecular weight excluding hydrogens is 292 g/mol. The molecule has 0 saturated carbocycles. The van der Waals surface area contributed by atoms with Gasteiger partial charge in [0.15, 0.2) is 0 Å². The highest BCUT2D eigenvalue weighted by molar-refractivity contribution is 7.98. The predicted octanol–water partition coefficient (Wildman–Crippen LogP) is 0.650. The Bertz CT molecular complexity index is 809. The number of benzene rings is 1. The van der Waals surface area contributed by atoms with Gasteiger partial charge in [-0.05, 0) is 31.4 Å². The van der Waals surface area contributed by atoms with Crippen molar-refractivity contribution < 1.29 is 9.59 Å². The van der Waals surface area contributed by atoms with Crippen LogP contribution in [0.15, 0.2) is 27.9 Å². The molecule has 7 nitrogen and oxygen atoms in total. The standard InChI is InChI=1S/C13H14N4O3S/c1-13(11(19)14-12(20)15-13)6-17-10(18)8-5-7(21-2)3-4-9(8)16-17/h3-5,16H,6H2,1-2H3,(H2,14,15,19,20). The molecule has 3 rings (SSSR count). The lowest BCUT2D eigenvalue weighted by Crippen LogP contribution is -2.49. The maximum Gasteiger partial charge on any atom is 0.322 e. The lowest BCUT2D eigenvalue weighted by atomic mass is 10.0. The Morgan fingerprint density at radius 3 is 2.67 bits per heavy atom. The van der Waals surface area contributed by atoms with Crippen LogP contribution in [0.5, 0.6) is 0 Å². The Morgan fingerprint density at radius 1 is 1.29 bits per heavy atom. The fraction of sp³-hybridized carbons (Fsp3) is 0.308. The van der Waals surface area contributed by atoms with Gasteiger partial charge in [-0.15, -0.1) is 11.8 Å². The molecule has 3 N–H and O–H groups in total. The van der Waals surface area contributed by atoms with E-state index in [0.717, 1.165) is 4.90 Å². The first-order valence-electron chi connectivity index (χ1n) is 6.33. The van der Waals surface area contributed by atoms with Crippen molar-refractivity contribution in [3.05, 3.63) is 28.6 Å². The molecule has 1 atom stereocenters. The second-order valence-electron chi connectivity index (χ2n) is 5.15. The Balaban J connectivity index is 2.02. The molecule has 1 aliphatic rings. The Kier molecular flexibility index (Phi) is 3.05. The number of urea groups is 1. The summed E-state index contributed by atoms with van der Waals surface area (Å²) in [6.07, 6.45) is 1.94. The maximum absolute atomic E-state index is 12.4. The normalized spacial score (nSPS) is 21.6. The van der Waals surface area contributed by atoms with Gasteiger partial charge in [-0.3, -0.25) is 20.0 Å². The number of H-pyrrole nitrogens is 1. The van der Waals surface area contributed by atoms with Crippen LogP contribution in [0.25, 0.3) is 10.9 Å². The minimum Gasteiger partial charge on any atom is -0.322 e. The monoisotopic (exact) mass is 306 g/mol. The molecule has 0 bridgehead atoms. The van der Waals surface area contributed by atoms with Crippen molar-refractivity contribution >= 4 is 34.6 Å². The predicted molar refractivity (Wildman–Crippen MR) is 79.4 cm³/mol. The number of nitrogens with zero attached hydrogens (tertiary/aromatic N) is 1. The Hall–Kier alpha value is -2.22. The first-order valence-corrected chi connectivity index (χ1v) is 7.55. The number of aromatic amines is 1. The Morgan fingerprint density at radius 2 is 2.05 bits per heavy atom. The van der Waals surface area contributed by atoms with Crippen molar-refractivity contribution in [1.82, 2.24) is 20.4 Å². The molecule has 2 aromatic rings. The number of imide groups is 1. The second-order valence-corrected chi connectivity index (χ2v) is 6.03. The van der Waals surface area contributed by atoms with Gasteiger partial charge in [0, 0.05) is 4.90 Å². The zero-order chi connectivity index (χ0) is 15.2. The number of carbonyl (C=O) groups excluding carboxylic acids is 2. The van der Waals surface area contributed by atoms with Gasteiger partial charge >= 0.3 is 6.03 Å². The topological polar surface area (TPSA) is 96.0 Å². The van der Waals surface area contributed by atoms with Gasteiger partial charge in [0.2, 0.25) is 0 Å². The molecule has 0 radical (unpaired) electrons.